The van der Waals surface area contributed by atoms with Crippen LogP contribution in [0.15, 0.2) is 12.3 Å². The van der Waals surface area contributed by atoms with E-state index in [9.17, 15) is 28.8 Å². The standard InChI is InChI=1S/C11H15N2O13P3S2/c1-2-11(5-23-28(19,20)26-29(21,22)25-27(16,17)18)8(15)7(14)9(24-11)13-4-3-6(30)12-10(13)31/h1,3-4,7-9,14-15H,5H2,(H,19,20)(H,21,22)(H,12,30,31)(H2,16,17,18)/t7?,8-,9-,11-/m1/s1. The summed E-state index contributed by atoms with van der Waals surface area (Å²) in [6.07, 6.45) is 1.60. The van der Waals surface area contributed by atoms with Gasteiger partial charge in [-0.05, 0) is 18.3 Å². The van der Waals surface area contributed by atoms with Crippen molar-refractivity contribution in [3.8, 4) is 12.3 Å². The maximum absolute atomic E-state index is 11.9. The molecule has 6 atom stereocenters. The number of nitrogens with zero attached hydrogens (tertiary/aromatic N) is 1. The van der Waals surface area contributed by atoms with Crippen molar-refractivity contribution in [1.82, 2.24) is 9.55 Å². The zero-order valence-electron chi connectivity index (χ0n) is 14.8. The van der Waals surface area contributed by atoms with Crippen molar-refractivity contribution in [2.24, 2.45) is 0 Å². The minimum atomic E-state index is -5.76. The lowest BCUT2D eigenvalue weighted by molar-refractivity contribution is -0.0914. The molecule has 1 aromatic heterocycles. The second-order valence-corrected chi connectivity index (χ2v) is 11.1. The molecule has 0 spiro atoms. The summed E-state index contributed by atoms with van der Waals surface area (Å²) in [5.74, 6) is 1.95. The Hall–Kier alpha value is -0.630. The van der Waals surface area contributed by atoms with E-state index < -0.39 is 54.1 Å². The fraction of sp³-hybridized carbons (Fsp3) is 0.455. The summed E-state index contributed by atoms with van der Waals surface area (Å²) in [4.78, 5) is 38.3. The third-order valence-corrected chi connectivity index (χ3v) is 7.99. The number of aromatic amines is 1. The molecule has 0 aliphatic carbocycles. The Morgan fingerprint density at radius 2 is 1.81 bits per heavy atom. The molecule has 1 aliphatic heterocycles. The maximum atomic E-state index is 11.9. The number of phosphoric ester groups is 1. The van der Waals surface area contributed by atoms with E-state index in [4.69, 9.17) is 50.3 Å². The molecule has 0 aromatic carbocycles. The normalized spacial score (nSPS) is 30.3. The van der Waals surface area contributed by atoms with Crippen LogP contribution in [0.1, 0.15) is 6.23 Å². The quantitative estimate of drug-likeness (QED) is 0.133. The highest BCUT2D eigenvalue weighted by Gasteiger charge is 2.55. The number of rotatable bonds is 8. The van der Waals surface area contributed by atoms with E-state index in [1.807, 2.05) is 5.92 Å². The van der Waals surface area contributed by atoms with Crippen LogP contribution in [0.2, 0.25) is 0 Å². The fourth-order valence-corrected chi connectivity index (χ4v) is 5.94. The first-order valence-corrected chi connectivity index (χ1v) is 13.0. The maximum Gasteiger partial charge on any atom is 0.490 e. The van der Waals surface area contributed by atoms with E-state index in [-0.39, 0.29) is 9.41 Å². The molecule has 31 heavy (non-hydrogen) atoms. The molecule has 0 amide bonds. The largest absolute Gasteiger partial charge is 0.490 e. The molecule has 3 unspecified atom stereocenters. The molecule has 0 bridgehead atoms. The molecular formula is C11H15N2O13P3S2. The number of aliphatic hydroxyl groups is 2. The van der Waals surface area contributed by atoms with Crippen LogP contribution in [0.4, 0.5) is 0 Å². The van der Waals surface area contributed by atoms with Gasteiger partial charge in [0, 0.05) is 6.20 Å². The number of aromatic nitrogens is 2. The van der Waals surface area contributed by atoms with Gasteiger partial charge in [0.25, 0.3) is 0 Å². The van der Waals surface area contributed by atoms with Gasteiger partial charge in [-0.1, -0.05) is 18.1 Å². The average molecular weight is 540 g/mol. The summed E-state index contributed by atoms with van der Waals surface area (Å²) in [6, 6.07) is 1.38. The highest BCUT2D eigenvalue weighted by Crippen LogP contribution is 2.66. The summed E-state index contributed by atoms with van der Waals surface area (Å²) >= 11 is 9.95. The van der Waals surface area contributed by atoms with Gasteiger partial charge in [0.1, 0.15) is 23.5 Å². The summed E-state index contributed by atoms with van der Waals surface area (Å²) in [5, 5.41) is 20.7. The van der Waals surface area contributed by atoms with Gasteiger partial charge in [-0.2, -0.15) is 8.62 Å². The van der Waals surface area contributed by atoms with Crippen LogP contribution < -0.4 is 0 Å². The van der Waals surface area contributed by atoms with Crippen molar-refractivity contribution in [2.45, 2.75) is 24.0 Å². The van der Waals surface area contributed by atoms with Crippen LogP contribution in [0.25, 0.3) is 0 Å². The van der Waals surface area contributed by atoms with Crippen molar-refractivity contribution in [1.29, 1.82) is 0 Å². The van der Waals surface area contributed by atoms with Crippen molar-refractivity contribution in [2.75, 3.05) is 6.61 Å². The molecule has 174 valence electrons. The number of phosphoric acid groups is 3. The van der Waals surface area contributed by atoms with Crippen LogP contribution in [0.3, 0.4) is 0 Å². The second-order valence-electron chi connectivity index (χ2n) is 5.86. The number of terminal acetylenes is 1. The number of hydrogen-bond donors (Lipinski definition) is 7. The summed E-state index contributed by atoms with van der Waals surface area (Å²) in [6.45, 7) is -1.18. The summed E-state index contributed by atoms with van der Waals surface area (Å²) in [5.41, 5.74) is -2.28. The number of ether oxygens (including phenoxy) is 1. The Morgan fingerprint density at radius 3 is 2.32 bits per heavy atom. The molecule has 1 aromatic rings. The minimum Gasteiger partial charge on any atom is -0.386 e. The van der Waals surface area contributed by atoms with Gasteiger partial charge in [0.2, 0.25) is 0 Å². The van der Waals surface area contributed by atoms with Gasteiger partial charge in [0.15, 0.2) is 16.6 Å². The topological polar surface area (TPSA) is 230 Å². The van der Waals surface area contributed by atoms with Crippen molar-refractivity contribution in [3.63, 3.8) is 0 Å². The molecule has 0 radical (unpaired) electrons. The highest BCUT2D eigenvalue weighted by atomic mass is 32.1. The molecular weight excluding hydrogens is 525 g/mol. The van der Waals surface area contributed by atoms with Gasteiger partial charge < -0.3 is 39.5 Å². The molecule has 2 rings (SSSR count). The summed E-state index contributed by atoms with van der Waals surface area (Å²) < 4.78 is 52.3. The minimum absolute atomic E-state index is 0.0237. The van der Waals surface area contributed by atoms with Crippen LogP contribution in [0, 0.1) is 21.8 Å². The van der Waals surface area contributed by atoms with Crippen LogP contribution >= 0.6 is 47.9 Å². The highest BCUT2D eigenvalue weighted by molar-refractivity contribution is 7.72. The SMILES string of the molecule is C#C[C@]1(COP(=O)(O)OP(=O)(O)OP(=O)(O)O)O[C@@H](n2ccc(=S)[nH]c2=S)C(O)[C@H]1O. The van der Waals surface area contributed by atoms with Gasteiger partial charge in [-0.15, -0.1) is 6.42 Å². The first-order valence-electron chi connectivity index (χ1n) is 7.62. The van der Waals surface area contributed by atoms with Gasteiger partial charge >= 0.3 is 23.5 Å². The predicted octanol–water partition coefficient (Wildman–Crippen LogP) is 0.241. The van der Waals surface area contributed by atoms with Crippen LogP contribution in [-0.4, -0.2) is 63.8 Å². The Morgan fingerprint density at radius 1 is 1.19 bits per heavy atom. The third kappa shape index (κ3) is 6.68. The molecule has 1 saturated heterocycles. The molecule has 0 saturated carbocycles. The van der Waals surface area contributed by atoms with Crippen molar-refractivity contribution >= 4 is 47.9 Å². The van der Waals surface area contributed by atoms with E-state index in [0.29, 0.717) is 0 Å². The number of nitrogens with one attached hydrogen (secondary N) is 1. The van der Waals surface area contributed by atoms with E-state index in [2.05, 4.69) is 18.1 Å². The number of hydrogen-bond acceptors (Lipinski definition) is 11. The molecule has 20 heteroatoms. The molecule has 2 heterocycles. The lowest BCUT2D eigenvalue weighted by Gasteiger charge is -2.27. The number of H-pyrrole nitrogens is 1. The predicted molar refractivity (Wildman–Crippen MR) is 104 cm³/mol. The first-order chi connectivity index (χ1) is 14.0. The zero-order chi connectivity index (χ0) is 23.8. The molecule has 1 aliphatic rings. The average Bonchev–Trinajstić information content (AvgIpc) is 2.82. The molecule has 15 nitrogen and oxygen atoms in total. The Bertz CT molecular complexity index is 1140. The van der Waals surface area contributed by atoms with Gasteiger partial charge in [-0.3, -0.25) is 9.09 Å². The van der Waals surface area contributed by atoms with E-state index in [0.717, 1.165) is 4.57 Å². The summed E-state index contributed by atoms with van der Waals surface area (Å²) in [7, 11) is -16.9. The smallest absolute Gasteiger partial charge is 0.386 e. The second kappa shape index (κ2) is 9.32. The monoisotopic (exact) mass is 540 g/mol. The first kappa shape index (κ1) is 26.6. The zero-order valence-corrected chi connectivity index (χ0v) is 19.1. The van der Waals surface area contributed by atoms with Gasteiger partial charge in [-0.25, -0.2) is 13.7 Å². The lowest BCUT2D eigenvalue weighted by Crippen LogP contribution is -2.45. The van der Waals surface area contributed by atoms with E-state index in [1.54, 1.807) is 0 Å². The Labute approximate surface area is 183 Å². The Kier molecular flexibility index (Phi) is 8.00. The van der Waals surface area contributed by atoms with Crippen molar-refractivity contribution < 1.29 is 61.4 Å². The lowest BCUT2D eigenvalue weighted by atomic mass is 9.97. The van der Waals surface area contributed by atoms with E-state index >= 15 is 0 Å². The Balaban J connectivity index is 2.22. The number of aliphatic hydroxyl groups excluding tert-OH is 2. The van der Waals surface area contributed by atoms with Crippen molar-refractivity contribution in [3.05, 3.63) is 21.7 Å². The van der Waals surface area contributed by atoms with Gasteiger partial charge in [0.05, 0.1) is 0 Å². The van der Waals surface area contributed by atoms with E-state index in [1.165, 1.54) is 12.3 Å². The van der Waals surface area contributed by atoms with Crippen LogP contribution in [-0.2, 0) is 31.6 Å². The van der Waals surface area contributed by atoms with Crippen LogP contribution in [0.5, 0.6) is 0 Å². The fourth-order valence-electron chi connectivity index (χ4n) is 2.40. The molecule has 1 fully saturated rings. The third-order valence-electron chi connectivity index (χ3n) is 3.65. The molecule has 7 N–H and O–H groups in total.